The summed E-state index contributed by atoms with van der Waals surface area (Å²) in [4.78, 5) is 37.7. The van der Waals surface area contributed by atoms with Gasteiger partial charge in [0, 0.05) is 17.2 Å². The fraction of sp³-hybridized carbons (Fsp3) is 0.194. The smallest absolute Gasteiger partial charge is 0.434 e. The van der Waals surface area contributed by atoms with Gasteiger partial charge in [0.05, 0.1) is 6.61 Å². The summed E-state index contributed by atoms with van der Waals surface area (Å²) in [5, 5.41) is 4.16. The van der Waals surface area contributed by atoms with Crippen molar-refractivity contribution < 1.29 is 41.8 Å². The van der Waals surface area contributed by atoms with Crippen LogP contribution in [0.25, 0.3) is 11.1 Å². The van der Waals surface area contributed by atoms with Crippen LogP contribution in [0.1, 0.15) is 35.1 Å². The van der Waals surface area contributed by atoms with Crippen molar-refractivity contribution in [2.45, 2.75) is 31.2 Å². The predicted molar refractivity (Wildman–Crippen MR) is 167 cm³/mol. The van der Waals surface area contributed by atoms with Gasteiger partial charge in [0.2, 0.25) is 0 Å². The molecule has 1 aliphatic rings. The number of nitrogens with one attached hydrogen (secondary N) is 2. The summed E-state index contributed by atoms with van der Waals surface area (Å²) in [5.74, 6) is 2.19. The van der Waals surface area contributed by atoms with Gasteiger partial charge in [0.15, 0.2) is 0 Å². The molecule has 0 aromatic heterocycles. The number of esters is 1. The van der Waals surface area contributed by atoms with Gasteiger partial charge in [-0.1, -0.05) is 84.8 Å². The van der Waals surface area contributed by atoms with E-state index in [-0.39, 0.29) is 24.7 Å². The first-order valence-electron chi connectivity index (χ1n) is 14.6. The number of ether oxygens (including phenoxy) is 3. The van der Waals surface area contributed by atoms with E-state index < -0.39 is 36.5 Å². The summed E-state index contributed by atoms with van der Waals surface area (Å²) in [5.41, 5.74) is 1.45. The standard InChI is InChI=1S/C36H29F3N2O6/c1-2-45-32(42)35(36(37,38)39,41-34(44)46-22-25-10-4-3-5-11-25)21-20-24-16-18-26(19-17-24)40-33(43)47-23-31-29-14-8-6-12-27(29)28-13-7-9-15-30(28)31/h3-19,31H,2,22-23H2,1H3,(H,40,43)(H,41,44)/t35-/m0/s1. The van der Waals surface area contributed by atoms with Crippen LogP contribution in [0.2, 0.25) is 0 Å². The third-order valence-electron chi connectivity index (χ3n) is 7.38. The maximum absolute atomic E-state index is 14.4. The highest BCUT2D eigenvalue weighted by molar-refractivity contribution is 5.91. The molecule has 5 rings (SSSR count). The summed E-state index contributed by atoms with van der Waals surface area (Å²) < 4.78 is 58.3. The molecule has 11 heteroatoms. The Balaban J connectivity index is 1.26. The highest BCUT2D eigenvalue weighted by atomic mass is 19.4. The van der Waals surface area contributed by atoms with Gasteiger partial charge in [-0.3, -0.25) is 10.6 Å². The monoisotopic (exact) mass is 642 g/mol. The van der Waals surface area contributed by atoms with E-state index >= 15 is 0 Å². The van der Waals surface area contributed by atoms with Crippen molar-refractivity contribution in [3.05, 3.63) is 125 Å². The fourth-order valence-corrected chi connectivity index (χ4v) is 5.10. The number of hydrogen-bond acceptors (Lipinski definition) is 6. The Morgan fingerprint density at radius 2 is 1.34 bits per heavy atom. The minimum atomic E-state index is -5.37. The van der Waals surface area contributed by atoms with Crippen LogP contribution in [0.4, 0.5) is 28.4 Å². The zero-order valence-corrected chi connectivity index (χ0v) is 25.1. The number of amides is 2. The second-order valence-corrected chi connectivity index (χ2v) is 10.4. The lowest BCUT2D eigenvalue weighted by molar-refractivity contribution is -0.198. The van der Waals surface area contributed by atoms with Gasteiger partial charge in [0.25, 0.3) is 5.54 Å². The summed E-state index contributed by atoms with van der Waals surface area (Å²) in [6.45, 7) is 0.685. The number of carbonyl (C=O) groups is 3. The first kappa shape index (κ1) is 32.6. The van der Waals surface area contributed by atoms with Crippen molar-refractivity contribution in [3.8, 4) is 23.0 Å². The molecule has 240 valence electrons. The molecule has 0 unspecified atom stereocenters. The largest absolute Gasteiger partial charge is 0.463 e. The normalized spacial score (nSPS) is 13.1. The highest BCUT2D eigenvalue weighted by Gasteiger charge is 2.63. The van der Waals surface area contributed by atoms with Crippen LogP contribution in [0, 0.1) is 11.8 Å². The summed E-state index contributed by atoms with van der Waals surface area (Å²) in [6, 6.07) is 29.6. The van der Waals surface area contributed by atoms with E-state index in [0.29, 0.717) is 11.3 Å². The molecule has 0 saturated heterocycles. The molecule has 0 saturated carbocycles. The molecule has 0 radical (unpaired) electrons. The van der Waals surface area contributed by atoms with Gasteiger partial charge in [-0.2, -0.15) is 13.2 Å². The number of alkyl carbamates (subject to hydrolysis) is 1. The van der Waals surface area contributed by atoms with Crippen molar-refractivity contribution in [2.75, 3.05) is 18.5 Å². The topological polar surface area (TPSA) is 103 Å². The third-order valence-corrected chi connectivity index (χ3v) is 7.38. The summed E-state index contributed by atoms with van der Waals surface area (Å²) in [6.07, 6.45) is -7.61. The molecule has 0 bridgehead atoms. The molecule has 47 heavy (non-hydrogen) atoms. The Morgan fingerprint density at radius 3 is 1.94 bits per heavy atom. The number of anilines is 1. The van der Waals surface area contributed by atoms with Gasteiger partial charge in [-0.15, -0.1) is 0 Å². The number of benzene rings is 4. The van der Waals surface area contributed by atoms with Crippen molar-refractivity contribution >= 4 is 23.8 Å². The lowest BCUT2D eigenvalue weighted by atomic mass is 9.98. The van der Waals surface area contributed by atoms with E-state index in [0.717, 1.165) is 22.3 Å². The first-order chi connectivity index (χ1) is 22.6. The molecule has 8 nitrogen and oxygen atoms in total. The number of fused-ring (bicyclic) bond motifs is 3. The molecule has 0 heterocycles. The van der Waals surface area contributed by atoms with Crippen molar-refractivity contribution in [3.63, 3.8) is 0 Å². The number of halogens is 3. The van der Waals surface area contributed by atoms with E-state index in [9.17, 15) is 27.6 Å². The number of alkyl halides is 3. The molecule has 0 fully saturated rings. The van der Waals surface area contributed by atoms with Crippen molar-refractivity contribution in [1.29, 1.82) is 0 Å². The average Bonchev–Trinajstić information content (AvgIpc) is 3.39. The molecule has 2 amide bonds. The third kappa shape index (κ3) is 7.39. The van der Waals surface area contributed by atoms with Crippen LogP contribution in [0.3, 0.4) is 0 Å². The van der Waals surface area contributed by atoms with E-state index in [4.69, 9.17) is 9.47 Å². The molecule has 2 N–H and O–H groups in total. The fourth-order valence-electron chi connectivity index (χ4n) is 5.10. The minimum absolute atomic E-state index is 0.0560. The Hall–Kier alpha value is -5.76. The van der Waals surface area contributed by atoms with E-state index in [1.54, 1.807) is 35.6 Å². The van der Waals surface area contributed by atoms with E-state index in [2.05, 4.69) is 16.0 Å². The molecule has 4 aromatic carbocycles. The average molecular weight is 643 g/mol. The zero-order chi connectivity index (χ0) is 33.4. The van der Waals surface area contributed by atoms with Crippen LogP contribution in [0.15, 0.2) is 103 Å². The van der Waals surface area contributed by atoms with Crippen molar-refractivity contribution in [1.82, 2.24) is 5.32 Å². The lowest BCUT2D eigenvalue weighted by Gasteiger charge is -2.29. The molecular formula is C36H29F3N2O6. The van der Waals surface area contributed by atoms with E-state index in [1.165, 1.54) is 31.2 Å². The van der Waals surface area contributed by atoms with Gasteiger partial charge in [-0.05, 0) is 64.9 Å². The molecule has 1 aliphatic carbocycles. The number of rotatable bonds is 8. The summed E-state index contributed by atoms with van der Waals surface area (Å²) in [7, 11) is 0. The quantitative estimate of drug-likeness (QED) is 0.120. The second kappa shape index (κ2) is 14.1. The Morgan fingerprint density at radius 1 is 0.745 bits per heavy atom. The van der Waals surface area contributed by atoms with Gasteiger partial charge >= 0.3 is 24.3 Å². The van der Waals surface area contributed by atoms with Gasteiger partial charge in [0.1, 0.15) is 13.2 Å². The number of hydrogen-bond donors (Lipinski definition) is 2. The van der Waals surface area contributed by atoms with Crippen LogP contribution >= 0.6 is 0 Å². The Labute approximate surface area is 268 Å². The SMILES string of the molecule is CCOC(=O)[C@](C#Cc1ccc(NC(=O)OCC2c3ccccc3-c3ccccc32)cc1)(NC(=O)OCc1ccccc1)C(F)(F)F. The maximum Gasteiger partial charge on any atom is 0.434 e. The second-order valence-electron chi connectivity index (χ2n) is 10.4. The first-order valence-corrected chi connectivity index (χ1v) is 14.6. The molecular weight excluding hydrogens is 613 g/mol. The van der Waals surface area contributed by atoms with Crippen LogP contribution in [-0.4, -0.2) is 43.1 Å². The minimum Gasteiger partial charge on any atom is -0.463 e. The maximum atomic E-state index is 14.4. The zero-order valence-electron chi connectivity index (χ0n) is 25.1. The van der Waals surface area contributed by atoms with Crippen LogP contribution < -0.4 is 10.6 Å². The van der Waals surface area contributed by atoms with Crippen molar-refractivity contribution in [2.24, 2.45) is 0 Å². The van der Waals surface area contributed by atoms with Gasteiger partial charge in [-0.25, -0.2) is 14.4 Å². The van der Waals surface area contributed by atoms with Gasteiger partial charge < -0.3 is 14.2 Å². The predicted octanol–water partition coefficient (Wildman–Crippen LogP) is 7.19. The summed E-state index contributed by atoms with van der Waals surface area (Å²) >= 11 is 0. The Kier molecular flexibility index (Phi) is 9.80. The van der Waals surface area contributed by atoms with Crippen LogP contribution in [-0.2, 0) is 25.6 Å². The molecule has 4 aromatic rings. The molecule has 0 spiro atoms. The highest BCUT2D eigenvalue weighted by Crippen LogP contribution is 2.44. The molecule has 1 atom stereocenters. The van der Waals surface area contributed by atoms with E-state index in [1.807, 2.05) is 54.5 Å². The lowest BCUT2D eigenvalue weighted by Crippen LogP contribution is -2.63. The Bertz CT molecular complexity index is 1770. The molecule has 0 aliphatic heterocycles. The number of carbonyl (C=O) groups excluding carboxylic acids is 3. The van der Waals surface area contributed by atoms with Crippen LogP contribution in [0.5, 0.6) is 0 Å².